The summed E-state index contributed by atoms with van der Waals surface area (Å²) < 4.78 is 0. The van der Waals surface area contributed by atoms with Crippen LogP contribution in [0.2, 0.25) is 0 Å². The Hall–Kier alpha value is -1.30. The molecule has 3 unspecified atom stereocenters. The number of hydrogen-bond acceptors (Lipinski definition) is 3. The molecule has 19 heavy (non-hydrogen) atoms. The molecule has 0 aliphatic carbocycles. The maximum atomic E-state index is 12.3. The number of carbonyl (C=O) groups is 2. The van der Waals surface area contributed by atoms with E-state index in [1.807, 2.05) is 14.1 Å². The molecule has 2 amide bonds. The van der Waals surface area contributed by atoms with E-state index in [-0.39, 0.29) is 6.03 Å². The third-order valence-electron chi connectivity index (χ3n) is 3.95. The molecule has 1 fully saturated rings. The van der Waals surface area contributed by atoms with Gasteiger partial charge in [-0.1, -0.05) is 13.8 Å². The maximum Gasteiger partial charge on any atom is 0.326 e. The molecule has 1 saturated heterocycles. The van der Waals surface area contributed by atoms with Gasteiger partial charge in [-0.25, -0.2) is 9.59 Å². The first kappa shape index (κ1) is 15.8. The largest absolute Gasteiger partial charge is 0.480 e. The quantitative estimate of drug-likeness (QED) is 0.821. The number of rotatable bonds is 4. The van der Waals surface area contributed by atoms with Crippen LogP contribution in [0.5, 0.6) is 0 Å². The van der Waals surface area contributed by atoms with Crippen LogP contribution < -0.4 is 0 Å². The Bertz CT molecular complexity index is 346. The van der Waals surface area contributed by atoms with Gasteiger partial charge < -0.3 is 19.8 Å². The number of likely N-dealkylation sites (N-methyl/N-ethyl adjacent to an activating group) is 2. The second-order valence-electron chi connectivity index (χ2n) is 5.57. The SMILES string of the molecule is CCC(C(=O)O)N(C)C(=O)N1CC(C)C(N(C)C)C1. The number of hydrogen-bond donors (Lipinski definition) is 1. The van der Waals surface area contributed by atoms with E-state index in [1.54, 1.807) is 18.9 Å². The lowest BCUT2D eigenvalue weighted by Crippen LogP contribution is -2.48. The number of carboxylic acids is 1. The van der Waals surface area contributed by atoms with E-state index in [0.717, 1.165) is 0 Å². The van der Waals surface area contributed by atoms with Gasteiger partial charge in [-0.2, -0.15) is 0 Å². The molecular formula is C13H25N3O3. The van der Waals surface area contributed by atoms with Crippen LogP contribution in [0.25, 0.3) is 0 Å². The third kappa shape index (κ3) is 3.37. The highest BCUT2D eigenvalue weighted by Gasteiger charge is 2.36. The molecule has 1 aliphatic rings. The molecule has 0 aromatic carbocycles. The van der Waals surface area contributed by atoms with Gasteiger partial charge in [-0.05, 0) is 26.4 Å². The number of carbonyl (C=O) groups excluding carboxylic acids is 1. The molecule has 0 aromatic heterocycles. The van der Waals surface area contributed by atoms with Crippen LogP contribution in [0.4, 0.5) is 4.79 Å². The molecular weight excluding hydrogens is 246 g/mol. The van der Waals surface area contributed by atoms with Crippen molar-refractivity contribution in [3.8, 4) is 0 Å². The first-order chi connectivity index (χ1) is 8.79. The average molecular weight is 271 g/mol. The monoisotopic (exact) mass is 271 g/mol. The molecule has 1 rings (SSSR count). The van der Waals surface area contributed by atoms with Crippen LogP contribution in [-0.4, -0.2) is 78.1 Å². The first-order valence-electron chi connectivity index (χ1n) is 6.70. The molecule has 0 spiro atoms. The van der Waals surface area contributed by atoms with Crippen molar-refractivity contribution in [3.63, 3.8) is 0 Å². The normalized spacial score (nSPS) is 24.6. The van der Waals surface area contributed by atoms with Crippen molar-refractivity contribution in [2.45, 2.75) is 32.4 Å². The molecule has 0 radical (unpaired) electrons. The number of carboxylic acid groups (broad SMARTS) is 1. The molecule has 1 N–H and O–H groups in total. The van der Waals surface area contributed by atoms with Crippen LogP contribution in [-0.2, 0) is 4.79 Å². The Kier molecular flexibility index (Phi) is 5.17. The van der Waals surface area contributed by atoms with Crippen molar-refractivity contribution in [1.82, 2.24) is 14.7 Å². The van der Waals surface area contributed by atoms with Gasteiger partial charge in [0.1, 0.15) is 6.04 Å². The van der Waals surface area contributed by atoms with Crippen LogP contribution in [0, 0.1) is 5.92 Å². The van der Waals surface area contributed by atoms with Gasteiger partial charge in [0.25, 0.3) is 0 Å². The molecule has 0 saturated carbocycles. The van der Waals surface area contributed by atoms with E-state index in [0.29, 0.717) is 31.5 Å². The number of aliphatic carboxylic acids is 1. The molecule has 0 aromatic rings. The van der Waals surface area contributed by atoms with Crippen molar-refractivity contribution >= 4 is 12.0 Å². The van der Waals surface area contributed by atoms with Gasteiger partial charge in [-0.15, -0.1) is 0 Å². The molecule has 6 heteroatoms. The highest BCUT2D eigenvalue weighted by Crippen LogP contribution is 2.21. The summed E-state index contributed by atoms with van der Waals surface area (Å²) >= 11 is 0. The predicted molar refractivity (Wildman–Crippen MR) is 73.1 cm³/mol. The van der Waals surface area contributed by atoms with Crippen LogP contribution in [0.15, 0.2) is 0 Å². The summed E-state index contributed by atoms with van der Waals surface area (Å²) in [7, 11) is 5.58. The van der Waals surface area contributed by atoms with Gasteiger partial charge in [0.2, 0.25) is 0 Å². The van der Waals surface area contributed by atoms with Gasteiger partial charge in [0, 0.05) is 26.2 Å². The summed E-state index contributed by atoms with van der Waals surface area (Å²) in [6, 6.07) is -0.603. The van der Waals surface area contributed by atoms with Crippen LogP contribution >= 0.6 is 0 Å². The minimum atomic E-state index is -0.949. The highest BCUT2D eigenvalue weighted by molar-refractivity contribution is 5.82. The summed E-state index contributed by atoms with van der Waals surface area (Å²) in [4.78, 5) is 28.7. The second-order valence-corrected chi connectivity index (χ2v) is 5.57. The summed E-state index contributed by atoms with van der Waals surface area (Å²) in [6.45, 7) is 5.24. The Morgan fingerprint density at radius 1 is 1.32 bits per heavy atom. The summed E-state index contributed by atoms with van der Waals surface area (Å²) in [5, 5.41) is 9.11. The lowest BCUT2D eigenvalue weighted by atomic mass is 10.1. The van der Waals surface area contributed by atoms with Crippen molar-refractivity contribution in [3.05, 3.63) is 0 Å². The number of likely N-dealkylation sites (tertiary alicyclic amines) is 1. The number of urea groups is 1. The van der Waals surface area contributed by atoms with Gasteiger partial charge >= 0.3 is 12.0 Å². The summed E-state index contributed by atoms with van der Waals surface area (Å²) in [5.74, 6) is -0.549. The minimum Gasteiger partial charge on any atom is -0.480 e. The van der Waals surface area contributed by atoms with Crippen LogP contribution in [0.3, 0.4) is 0 Å². The standard InChI is InChI=1S/C13H25N3O3/c1-6-10(12(17)18)15(5)13(19)16-7-9(2)11(8-16)14(3)4/h9-11H,6-8H2,1-5H3,(H,17,18). The average Bonchev–Trinajstić information content (AvgIpc) is 2.70. The number of nitrogens with zero attached hydrogens (tertiary/aromatic N) is 3. The van der Waals surface area contributed by atoms with Crippen LogP contribution in [0.1, 0.15) is 20.3 Å². The molecule has 1 heterocycles. The molecule has 0 bridgehead atoms. The zero-order valence-electron chi connectivity index (χ0n) is 12.5. The lowest BCUT2D eigenvalue weighted by molar-refractivity contribution is -0.142. The van der Waals surface area contributed by atoms with E-state index < -0.39 is 12.0 Å². The highest BCUT2D eigenvalue weighted by atomic mass is 16.4. The second kappa shape index (κ2) is 6.23. The van der Waals surface area contributed by atoms with Gasteiger partial charge in [0.05, 0.1) is 0 Å². The minimum absolute atomic E-state index is 0.189. The van der Waals surface area contributed by atoms with E-state index in [2.05, 4.69) is 11.8 Å². The van der Waals surface area contributed by atoms with Crippen molar-refractivity contribution in [2.75, 3.05) is 34.2 Å². The molecule has 110 valence electrons. The van der Waals surface area contributed by atoms with Gasteiger partial charge in [-0.3, -0.25) is 0 Å². The zero-order chi connectivity index (χ0) is 14.7. The van der Waals surface area contributed by atoms with E-state index >= 15 is 0 Å². The van der Waals surface area contributed by atoms with Crippen molar-refractivity contribution in [2.24, 2.45) is 5.92 Å². The predicted octanol–water partition coefficient (Wildman–Crippen LogP) is 0.783. The summed E-state index contributed by atoms with van der Waals surface area (Å²) in [5.41, 5.74) is 0. The van der Waals surface area contributed by atoms with Gasteiger partial charge in [0.15, 0.2) is 0 Å². The first-order valence-corrected chi connectivity index (χ1v) is 6.70. The molecule has 3 atom stereocenters. The lowest BCUT2D eigenvalue weighted by Gasteiger charge is -2.29. The van der Waals surface area contributed by atoms with E-state index in [1.165, 1.54) is 4.90 Å². The maximum absolute atomic E-state index is 12.3. The Labute approximate surface area is 115 Å². The molecule has 6 nitrogen and oxygen atoms in total. The molecule has 1 aliphatic heterocycles. The Morgan fingerprint density at radius 3 is 2.26 bits per heavy atom. The van der Waals surface area contributed by atoms with Crippen molar-refractivity contribution < 1.29 is 14.7 Å². The topological polar surface area (TPSA) is 64.1 Å². The number of amides is 2. The fourth-order valence-corrected chi connectivity index (χ4v) is 2.75. The third-order valence-corrected chi connectivity index (χ3v) is 3.95. The smallest absolute Gasteiger partial charge is 0.326 e. The van der Waals surface area contributed by atoms with Crippen molar-refractivity contribution in [1.29, 1.82) is 0 Å². The zero-order valence-corrected chi connectivity index (χ0v) is 12.5. The van der Waals surface area contributed by atoms with E-state index in [4.69, 9.17) is 5.11 Å². The summed E-state index contributed by atoms with van der Waals surface area (Å²) in [6.07, 6.45) is 0.415. The Balaban J connectivity index is 2.71. The fourth-order valence-electron chi connectivity index (χ4n) is 2.75. The Morgan fingerprint density at radius 2 is 1.89 bits per heavy atom. The van der Waals surface area contributed by atoms with E-state index in [9.17, 15) is 9.59 Å². The fraction of sp³-hybridized carbons (Fsp3) is 0.846.